The fraction of sp³-hybridized carbons (Fsp3) is 0.636. The van der Waals surface area contributed by atoms with E-state index in [9.17, 15) is 4.79 Å². The summed E-state index contributed by atoms with van der Waals surface area (Å²) in [6.07, 6.45) is 4.93. The van der Waals surface area contributed by atoms with E-state index in [1.54, 1.807) is 17.8 Å². The number of nitrogens with two attached hydrogens (primary N) is 1. The summed E-state index contributed by atoms with van der Waals surface area (Å²) in [4.78, 5) is 15.4. The Kier molecular flexibility index (Phi) is 4.82. The summed E-state index contributed by atoms with van der Waals surface area (Å²) in [7, 11) is 0. The molecule has 0 fully saturated rings. The molecular formula is C11H19N3O2. The summed E-state index contributed by atoms with van der Waals surface area (Å²) in [5, 5.41) is 0. The van der Waals surface area contributed by atoms with E-state index in [4.69, 9.17) is 10.5 Å². The van der Waals surface area contributed by atoms with Crippen LogP contribution in [0, 0.1) is 0 Å². The zero-order valence-electron chi connectivity index (χ0n) is 9.90. The topological polar surface area (TPSA) is 70.1 Å². The summed E-state index contributed by atoms with van der Waals surface area (Å²) in [5.74, 6) is -0.0520. The van der Waals surface area contributed by atoms with Crippen molar-refractivity contribution in [2.24, 2.45) is 0 Å². The number of ether oxygens (including phenoxy) is 1. The summed E-state index contributed by atoms with van der Waals surface area (Å²) in [6, 6.07) is 0. The SMILES string of the molecule is CCCCCn1cnc(C(=O)OCC)c1N. The molecule has 1 rings (SSSR count). The van der Waals surface area contributed by atoms with E-state index in [1.165, 1.54) is 0 Å². The van der Waals surface area contributed by atoms with Crippen molar-refractivity contribution in [1.29, 1.82) is 0 Å². The average molecular weight is 225 g/mol. The van der Waals surface area contributed by atoms with Crippen LogP contribution >= 0.6 is 0 Å². The molecule has 0 amide bonds. The van der Waals surface area contributed by atoms with Crippen LogP contribution < -0.4 is 5.73 Å². The molecule has 0 unspecified atom stereocenters. The van der Waals surface area contributed by atoms with E-state index < -0.39 is 5.97 Å². The van der Waals surface area contributed by atoms with Gasteiger partial charge in [-0.3, -0.25) is 0 Å². The number of unbranched alkanes of at least 4 members (excludes halogenated alkanes) is 2. The van der Waals surface area contributed by atoms with Gasteiger partial charge < -0.3 is 15.0 Å². The first-order chi connectivity index (χ1) is 7.70. The minimum atomic E-state index is -0.450. The molecule has 90 valence electrons. The number of nitrogen functional groups attached to an aromatic ring is 1. The van der Waals surface area contributed by atoms with Crippen LogP contribution in [-0.4, -0.2) is 22.1 Å². The van der Waals surface area contributed by atoms with Crippen LogP contribution in [0.25, 0.3) is 0 Å². The van der Waals surface area contributed by atoms with Gasteiger partial charge in [0.15, 0.2) is 5.69 Å². The number of hydrogen-bond donors (Lipinski definition) is 1. The summed E-state index contributed by atoms with van der Waals surface area (Å²) >= 11 is 0. The number of nitrogens with zero attached hydrogens (tertiary/aromatic N) is 2. The molecule has 5 heteroatoms. The van der Waals surface area contributed by atoms with Crippen LogP contribution in [0.3, 0.4) is 0 Å². The number of carbonyl (C=O) groups excluding carboxylic acids is 1. The van der Waals surface area contributed by atoms with Gasteiger partial charge in [-0.25, -0.2) is 9.78 Å². The molecule has 0 aromatic carbocycles. The van der Waals surface area contributed by atoms with E-state index in [2.05, 4.69) is 11.9 Å². The Labute approximate surface area is 95.6 Å². The quantitative estimate of drug-likeness (QED) is 0.592. The van der Waals surface area contributed by atoms with Crippen molar-refractivity contribution in [1.82, 2.24) is 9.55 Å². The van der Waals surface area contributed by atoms with Crippen molar-refractivity contribution >= 4 is 11.8 Å². The van der Waals surface area contributed by atoms with Gasteiger partial charge >= 0.3 is 5.97 Å². The second-order valence-corrected chi connectivity index (χ2v) is 3.60. The predicted molar refractivity (Wildman–Crippen MR) is 62.1 cm³/mol. The minimum Gasteiger partial charge on any atom is -0.461 e. The predicted octanol–water partition coefficient (Wildman–Crippen LogP) is 1.83. The lowest BCUT2D eigenvalue weighted by Crippen LogP contribution is -2.10. The molecule has 2 N–H and O–H groups in total. The van der Waals surface area contributed by atoms with E-state index in [0.29, 0.717) is 12.4 Å². The molecule has 0 bridgehead atoms. The molecule has 0 aliphatic rings. The molecule has 0 aliphatic heterocycles. The highest BCUT2D eigenvalue weighted by Gasteiger charge is 2.16. The molecule has 0 radical (unpaired) electrons. The molecule has 16 heavy (non-hydrogen) atoms. The fourth-order valence-corrected chi connectivity index (χ4v) is 1.46. The third kappa shape index (κ3) is 2.98. The number of aromatic nitrogens is 2. The lowest BCUT2D eigenvalue weighted by molar-refractivity contribution is 0.0521. The molecule has 0 saturated heterocycles. The standard InChI is InChI=1S/C11H19N3O2/c1-3-5-6-7-14-8-13-9(10(14)12)11(15)16-4-2/h8H,3-7,12H2,1-2H3. The van der Waals surface area contributed by atoms with Crippen molar-refractivity contribution in [3.63, 3.8) is 0 Å². The zero-order valence-corrected chi connectivity index (χ0v) is 9.90. The van der Waals surface area contributed by atoms with E-state index in [1.807, 2.05) is 0 Å². The van der Waals surface area contributed by atoms with Crippen LogP contribution in [0.15, 0.2) is 6.33 Å². The van der Waals surface area contributed by atoms with Crippen molar-refractivity contribution in [3.8, 4) is 0 Å². The van der Waals surface area contributed by atoms with Gasteiger partial charge in [0.2, 0.25) is 0 Å². The maximum Gasteiger partial charge on any atom is 0.360 e. The maximum absolute atomic E-state index is 11.4. The Bertz CT molecular complexity index is 347. The molecule has 1 aromatic rings. The third-order valence-electron chi connectivity index (χ3n) is 2.35. The number of esters is 1. The lowest BCUT2D eigenvalue weighted by Gasteiger charge is -2.04. The first-order valence-electron chi connectivity index (χ1n) is 5.68. The molecular weight excluding hydrogens is 206 g/mol. The zero-order chi connectivity index (χ0) is 12.0. The molecule has 5 nitrogen and oxygen atoms in total. The largest absolute Gasteiger partial charge is 0.461 e. The van der Waals surface area contributed by atoms with Crippen molar-refractivity contribution in [2.45, 2.75) is 39.7 Å². The van der Waals surface area contributed by atoms with E-state index in [0.717, 1.165) is 25.8 Å². The number of imidazole rings is 1. The second-order valence-electron chi connectivity index (χ2n) is 3.60. The third-order valence-corrected chi connectivity index (χ3v) is 2.35. The van der Waals surface area contributed by atoms with Crippen LogP contribution in [0.1, 0.15) is 43.6 Å². The highest BCUT2D eigenvalue weighted by molar-refractivity contribution is 5.92. The molecule has 0 atom stereocenters. The van der Waals surface area contributed by atoms with Crippen LogP contribution in [0.5, 0.6) is 0 Å². The normalized spacial score (nSPS) is 10.4. The van der Waals surface area contributed by atoms with Gasteiger partial charge in [0.1, 0.15) is 5.82 Å². The van der Waals surface area contributed by atoms with Crippen LogP contribution in [0.4, 0.5) is 5.82 Å². The van der Waals surface area contributed by atoms with Gasteiger partial charge in [-0.2, -0.15) is 0 Å². The Balaban J connectivity index is 2.64. The first kappa shape index (κ1) is 12.5. The number of carbonyl (C=O) groups is 1. The highest BCUT2D eigenvalue weighted by Crippen LogP contribution is 2.12. The summed E-state index contributed by atoms with van der Waals surface area (Å²) in [5.41, 5.74) is 6.04. The smallest absolute Gasteiger partial charge is 0.360 e. The fourth-order valence-electron chi connectivity index (χ4n) is 1.46. The number of anilines is 1. The van der Waals surface area contributed by atoms with Gasteiger partial charge in [-0.15, -0.1) is 0 Å². The molecule has 1 aromatic heterocycles. The van der Waals surface area contributed by atoms with E-state index in [-0.39, 0.29) is 5.69 Å². The van der Waals surface area contributed by atoms with Crippen LogP contribution in [-0.2, 0) is 11.3 Å². The van der Waals surface area contributed by atoms with E-state index >= 15 is 0 Å². The van der Waals surface area contributed by atoms with Gasteiger partial charge in [-0.05, 0) is 13.3 Å². The number of aryl methyl sites for hydroxylation is 1. The van der Waals surface area contributed by atoms with Crippen molar-refractivity contribution in [2.75, 3.05) is 12.3 Å². The Hall–Kier alpha value is -1.52. The van der Waals surface area contributed by atoms with Gasteiger partial charge in [0, 0.05) is 6.54 Å². The lowest BCUT2D eigenvalue weighted by atomic mass is 10.2. The number of hydrogen-bond acceptors (Lipinski definition) is 4. The summed E-state index contributed by atoms with van der Waals surface area (Å²) in [6.45, 7) is 5.03. The molecule has 1 heterocycles. The van der Waals surface area contributed by atoms with Gasteiger partial charge in [0.05, 0.1) is 12.9 Å². The molecule has 0 aliphatic carbocycles. The molecule has 0 saturated carbocycles. The van der Waals surface area contributed by atoms with Crippen molar-refractivity contribution in [3.05, 3.63) is 12.0 Å². The average Bonchev–Trinajstić information content (AvgIpc) is 2.61. The Morgan fingerprint density at radius 2 is 2.25 bits per heavy atom. The van der Waals surface area contributed by atoms with Gasteiger partial charge in [0.25, 0.3) is 0 Å². The van der Waals surface area contributed by atoms with Crippen LogP contribution in [0.2, 0.25) is 0 Å². The second kappa shape index (κ2) is 6.15. The van der Waals surface area contributed by atoms with Crippen molar-refractivity contribution < 1.29 is 9.53 Å². The molecule has 0 spiro atoms. The maximum atomic E-state index is 11.4. The van der Waals surface area contributed by atoms with Gasteiger partial charge in [-0.1, -0.05) is 19.8 Å². The monoisotopic (exact) mass is 225 g/mol. The number of rotatable bonds is 6. The Morgan fingerprint density at radius 3 is 2.88 bits per heavy atom. The summed E-state index contributed by atoms with van der Waals surface area (Å²) < 4.78 is 6.65. The minimum absolute atomic E-state index is 0.221. The highest BCUT2D eigenvalue weighted by atomic mass is 16.5. The Morgan fingerprint density at radius 1 is 1.50 bits per heavy atom. The first-order valence-corrected chi connectivity index (χ1v) is 5.68.